The number of alkyl halides is 8. The topological polar surface area (TPSA) is 29.5 Å². The van der Waals surface area contributed by atoms with Crippen molar-refractivity contribution in [1.29, 1.82) is 0 Å². The molecule has 0 aromatic carbocycles. The Balaban J connectivity index is 4.73. The molecule has 0 aliphatic rings. The first kappa shape index (κ1) is 16.4. The van der Waals surface area contributed by atoms with E-state index in [2.05, 4.69) is 4.74 Å². The molecular weight excluding hydrogens is 268 g/mol. The molecule has 0 aromatic heterocycles. The Hall–Kier alpha value is -0.640. The molecule has 0 radical (unpaired) electrons. The fraction of sp³-hybridized carbons (Fsp3) is 1.00. The molecule has 104 valence electrons. The van der Waals surface area contributed by atoms with Gasteiger partial charge in [-0.2, -0.15) is 30.7 Å². The lowest BCUT2D eigenvalue weighted by Gasteiger charge is -2.28. The van der Waals surface area contributed by atoms with Crippen LogP contribution in [0, 0.1) is 0 Å². The highest BCUT2D eigenvalue weighted by molar-refractivity contribution is 4.86. The van der Waals surface area contributed by atoms with Gasteiger partial charge in [-0.1, -0.05) is 0 Å². The molecule has 0 fully saturated rings. The van der Waals surface area contributed by atoms with E-state index >= 15 is 0 Å². The van der Waals surface area contributed by atoms with Crippen LogP contribution >= 0.6 is 0 Å². The minimum absolute atomic E-state index is 1.07. The van der Waals surface area contributed by atoms with Crippen molar-refractivity contribution in [2.75, 3.05) is 13.2 Å². The summed E-state index contributed by atoms with van der Waals surface area (Å²) >= 11 is 0. The standard InChI is InChI=1S/C7H8F8O2/c8-4(3-5(9,10)11)6(12,13)7(14,15)17-2-1-16/h4,16H,1-3H2. The minimum atomic E-state index is -5.64. The van der Waals surface area contributed by atoms with E-state index in [1.807, 2.05) is 0 Å². The van der Waals surface area contributed by atoms with Gasteiger partial charge in [0.1, 0.15) is 0 Å². The normalized spacial score (nSPS) is 16.1. The molecule has 2 nitrogen and oxygen atoms in total. The van der Waals surface area contributed by atoms with E-state index < -0.39 is 44.0 Å². The van der Waals surface area contributed by atoms with Crippen LogP contribution in [0.15, 0.2) is 0 Å². The van der Waals surface area contributed by atoms with Gasteiger partial charge in [-0.25, -0.2) is 4.39 Å². The maximum atomic E-state index is 12.6. The number of hydrogen-bond acceptors (Lipinski definition) is 2. The SMILES string of the molecule is OCCOC(F)(F)C(F)(F)C(F)CC(F)(F)F. The summed E-state index contributed by atoms with van der Waals surface area (Å²) in [4.78, 5) is 0. The molecule has 0 bridgehead atoms. The third-order valence-corrected chi connectivity index (χ3v) is 1.57. The van der Waals surface area contributed by atoms with Gasteiger partial charge in [0, 0.05) is 0 Å². The van der Waals surface area contributed by atoms with Crippen molar-refractivity contribution >= 4 is 0 Å². The van der Waals surface area contributed by atoms with Gasteiger partial charge in [0.15, 0.2) is 6.17 Å². The summed E-state index contributed by atoms with van der Waals surface area (Å²) in [6.45, 7) is -2.33. The number of hydrogen-bond donors (Lipinski definition) is 1. The molecule has 1 atom stereocenters. The Kier molecular flexibility index (Phi) is 5.14. The lowest BCUT2D eigenvalue weighted by Crippen LogP contribution is -2.51. The quantitative estimate of drug-likeness (QED) is 0.755. The Morgan fingerprint density at radius 3 is 1.82 bits per heavy atom. The van der Waals surface area contributed by atoms with Crippen LogP contribution in [-0.2, 0) is 4.74 Å². The number of aliphatic hydroxyl groups excluding tert-OH is 1. The number of aliphatic hydroxyl groups is 1. The molecule has 1 N–H and O–H groups in total. The van der Waals surface area contributed by atoms with Gasteiger partial charge in [-0.3, -0.25) is 0 Å². The highest BCUT2D eigenvalue weighted by Crippen LogP contribution is 2.42. The summed E-state index contributed by atoms with van der Waals surface area (Å²) in [5.74, 6) is -5.64. The summed E-state index contributed by atoms with van der Waals surface area (Å²) < 4.78 is 101. The van der Waals surface area contributed by atoms with Gasteiger partial charge >= 0.3 is 18.2 Å². The zero-order valence-corrected chi connectivity index (χ0v) is 8.08. The van der Waals surface area contributed by atoms with Gasteiger partial charge in [-0.05, 0) is 0 Å². The summed E-state index contributed by atoms with van der Waals surface area (Å²) in [6.07, 6.45) is -17.6. The van der Waals surface area contributed by atoms with Gasteiger partial charge in [0.05, 0.1) is 19.6 Å². The van der Waals surface area contributed by atoms with E-state index in [1.54, 1.807) is 0 Å². The smallest absolute Gasteiger partial charge is 0.394 e. The zero-order chi connectivity index (χ0) is 13.9. The second kappa shape index (κ2) is 5.34. The van der Waals surface area contributed by atoms with Crippen LogP contribution in [0.5, 0.6) is 0 Å². The molecule has 17 heavy (non-hydrogen) atoms. The van der Waals surface area contributed by atoms with Gasteiger partial charge in [-0.15, -0.1) is 0 Å². The van der Waals surface area contributed by atoms with Crippen LogP contribution in [0.4, 0.5) is 35.1 Å². The summed E-state index contributed by atoms with van der Waals surface area (Å²) in [6, 6.07) is 0. The summed E-state index contributed by atoms with van der Waals surface area (Å²) in [5.41, 5.74) is 0. The average Bonchev–Trinajstić information content (AvgIpc) is 2.11. The minimum Gasteiger partial charge on any atom is -0.394 e. The van der Waals surface area contributed by atoms with Crippen molar-refractivity contribution in [3.63, 3.8) is 0 Å². The van der Waals surface area contributed by atoms with E-state index in [-0.39, 0.29) is 0 Å². The first-order valence-corrected chi connectivity index (χ1v) is 4.15. The Morgan fingerprint density at radius 1 is 1.00 bits per heavy atom. The Bertz CT molecular complexity index is 239. The molecule has 10 heteroatoms. The van der Waals surface area contributed by atoms with E-state index in [0.717, 1.165) is 0 Å². The van der Waals surface area contributed by atoms with Gasteiger partial charge in [0.2, 0.25) is 0 Å². The molecule has 0 aliphatic heterocycles. The predicted molar refractivity (Wildman–Crippen MR) is 38.5 cm³/mol. The first-order chi connectivity index (χ1) is 7.44. The van der Waals surface area contributed by atoms with Crippen LogP contribution in [0.1, 0.15) is 6.42 Å². The first-order valence-electron chi connectivity index (χ1n) is 4.15. The second-order valence-electron chi connectivity index (χ2n) is 3.00. The van der Waals surface area contributed by atoms with Crippen LogP contribution in [0.25, 0.3) is 0 Å². The third-order valence-electron chi connectivity index (χ3n) is 1.57. The monoisotopic (exact) mass is 276 g/mol. The Labute approximate surface area is 90.2 Å². The lowest BCUT2D eigenvalue weighted by atomic mass is 10.1. The van der Waals surface area contributed by atoms with E-state index in [0.29, 0.717) is 0 Å². The maximum Gasteiger partial charge on any atom is 0.422 e. The van der Waals surface area contributed by atoms with Crippen molar-refractivity contribution in [3.05, 3.63) is 0 Å². The molecule has 0 aromatic rings. The average molecular weight is 276 g/mol. The van der Waals surface area contributed by atoms with Crippen molar-refractivity contribution in [2.24, 2.45) is 0 Å². The predicted octanol–water partition coefficient (Wildman–Crippen LogP) is 2.51. The number of ether oxygens (including phenoxy) is 1. The van der Waals surface area contributed by atoms with Crippen LogP contribution in [0.2, 0.25) is 0 Å². The molecular formula is C7H8F8O2. The second-order valence-corrected chi connectivity index (χ2v) is 3.00. The fourth-order valence-corrected chi connectivity index (χ4v) is 0.784. The molecule has 0 spiro atoms. The van der Waals surface area contributed by atoms with Crippen LogP contribution < -0.4 is 0 Å². The summed E-state index contributed by atoms with van der Waals surface area (Å²) in [5, 5.41) is 8.04. The highest BCUT2D eigenvalue weighted by atomic mass is 19.4. The molecule has 0 saturated carbocycles. The maximum absolute atomic E-state index is 12.6. The fourth-order valence-electron chi connectivity index (χ4n) is 0.784. The molecule has 0 heterocycles. The van der Waals surface area contributed by atoms with Gasteiger partial charge < -0.3 is 9.84 Å². The van der Waals surface area contributed by atoms with Gasteiger partial charge in [0.25, 0.3) is 0 Å². The summed E-state index contributed by atoms with van der Waals surface area (Å²) in [7, 11) is 0. The molecule has 0 saturated heterocycles. The molecule has 0 rings (SSSR count). The van der Waals surface area contributed by atoms with E-state index in [1.165, 1.54) is 0 Å². The number of halogens is 8. The van der Waals surface area contributed by atoms with Crippen molar-refractivity contribution < 1.29 is 45.0 Å². The molecule has 0 aliphatic carbocycles. The van der Waals surface area contributed by atoms with E-state index in [4.69, 9.17) is 5.11 Å². The van der Waals surface area contributed by atoms with E-state index in [9.17, 15) is 35.1 Å². The highest BCUT2D eigenvalue weighted by Gasteiger charge is 2.65. The van der Waals surface area contributed by atoms with Crippen molar-refractivity contribution in [2.45, 2.75) is 30.8 Å². The van der Waals surface area contributed by atoms with Crippen molar-refractivity contribution in [3.8, 4) is 0 Å². The third kappa shape index (κ3) is 4.62. The van der Waals surface area contributed by atoms with Crippen LogP contribution in [-0.4, -0.2) is 42.7 Å². The lowest BCUT2D eigenvalue weighted by molar-refractivity contribution is -0.367. The molecule has 0 amide bonds. The zero-order valence-electron chi connectivity index (χ0n) is 8.08. The Morgan fingerprint density at radius 2 is 1.47 bits per heavy atom. The number of rotatable bonds is 6. The largest absolute Gasteiger partial charge is 0.422 e. The van der Waals surface area contributed by atoms with Crippen LogP contribution in [0.3, 0.4) is 0 Å². The molecule has 1 unspecified atom stereocenters. The van der Waals surface area contributed by atoms with Crippen molar-refractivity contribution in [1.82, 2.24) is 0 Å².